The van der Waals surface area contributed by atoms with Gasteiger partial charge in [-0.3, -0.25) is 9.56 Å². The Balaban J connectivity index is 1.31. The third-order valence-corrected chi connectivity index (χ3v) is 7.18. The number of anilines is 1. The molecule has 1 saturated heterocycles. The maximum atomic E-state index is 9.22. The van der Waals surface area contributed by atoms with E-state index in [1.54, 1.807) is 6.33 Å². The fourth-order valence-electron chi connectivity index (χ4n) is 5.17. The SMILES string of the molecule is CC(CO)=NC[C@H]1CCN(c2ccc3c(c2)Cn2cc(-c4ccc(C#N)cc4)cc2-c2nncn2-3)C1. The van der Waals surface area contributed by atoms with Gasteiger partial charge in [0.1, 0.15) is 6.33 Å². The van der Waals surface area contributed by atoms with Crippen LogP contribution in [0, 0.1) is 17.2 Å². The van der Waals surface area contributed by atoms with Crippen LogP contribution in [-0.2, 0) is 6.54 Å². The van der Waals surface area contributed by atoms with Crippen molar-refractivity contribution < 1.29 is 5.11 Å². The third-order valence-electron chi connectivity index (χ3n) is 7.18. The molecule has 0 unspecified atom stereocenters. The summed E-state index contributed by atoms with van der Waals surface area (Å²) in [6.45, 7) is 5.38. The predicted octanol–water partition coefficient (Wildman–Crippen LogP) is 3.92. The number of nitrogens with zero attached hydrogens (tertiary/aromatic N) is 7. The standard InChI is InChI=1S/C28H27N7O/c1-19(17-36)30-13-21-8-9-33(14-21)25-6-7-26-24(10-25)16-34-15-23(22-4-2-20(12-29)3-5-22)11-27(34)28-32-31-18-35(26)28/h2-7,10-11,15,18,21,36H,8-9,13-14,16-17H2,1H3/t21-/m1/s1. The molecule has 1 fully saturated rings. The second-order valence-electron chi connectivity index (χ2n) is 9.60. The quantitative estimate of drug-likeness (QED) is 0.387. The van der Waals surface area contributed by atoms with Crippen molar-refractivity contribution in [3.8, 4) is 34.4 Å². The Hall–Kier alpha value is -4.22. The molecule has 1 N–H and O–H groups in total. The molecule has 2 aliphatic heterocycles. The summed E-state index contributed by atoms with van der Waals surface area (Å²) in [4.78, 5) is 6.96. The molecule has 2 aromatic carbocycles. The minimum Gasteiger partial charge on any atom is -0.390 e. The molecule has 2 aromatic heterocycles. The Morgan fingerprint density at radius 2 is 2.03 bits per heavy atom. The Morgan fingerprint density at radius 1 is 1.17 bits per heavy atom. The van der Waals surface area contributed by atoms with E-state index >= 15 is 0 Å². The van der Waals surface area contributed by atoms with Gasteiger partial charge in [0.05, 0.1) is 29.6 Å². The van der Waals surface area contributed by atoms with E-state index in [9.17, 15) is 5.11 Å². The first-order valence-corrected chi connectivity index (χ1v) is 12.2. The summed E-state index contributed by atoms with van der Waals surface area (Å²) in [5.74, 6) is 1.32. The van der Waals surface area contributed by atoms with Gasteiger partial charge in [-0.15, -0.1) is 10.2 Å². The van der Waals surface area contributed by atoms with Crippen LogP contribution >= 0.6 is 0 Å². The molecule has 36 heavy (non-hydrogen) atoms. The van der Waals surface area contributed by atoms with E-state index in [2.05, 4.69) is 65.8 Å². The lowest BCUT2D eigenvalue weighted by Crippen LogP contribution is -2.21. The number of nitriles is 1. The molecule has 0 amide bonds. The van der Waals surface area contributed by atoms with Crippen LogP contribution in [0.1, 0.15) is 24.5 Å². The van der Waals surface area contributed by atoms with Gasteiger partial charge in [0.15, 0.2) is 5.82 Å². The maximum Gasteiger partial charge on any atom is 0.185 e. The van der Waals surface area contributed by atoms with E-state index in [0.717, 1.165) is 66.6 Å². The lowest BCUT2D eigenvalue weighted by Gasteiger charge is -2.21. The van der Waals surface area contributed by atoms with Gasteiger partial charge in [-0.25, -0.2) is 0 Å². The number of aliphatic hydroxyl groups is 1. The third kappa shape index (κ3) is 3.97. The second-order valence-corrected chi connectivity index (χ2v) is 9.60. The number of hydrogen-bond acceptors (Lipinski definition) is 6. The average molecular weight is 478 g/mol. The summed E-state index contributed by atoms with van der Waals surface area (Å²) in [7, 11) is 0. The van der Waals surface area contributed by atoms with Gasteiger partial charge >= 0.3 is 0 Å². The van der Waals surface area contributed by atoms with Gasteiger partial charge < -0.3 is 14.6 Å². The van der Waals surface area contributed by atoms with Crippen LogP contribution in [0.25, 0.3) is 28.3 Å². The molecule has 0 saturated carbocycles. The van der Waals surface area contributed by atoms with Crippen LogP contribution in [0.15, 0.2) is 66.0 Å². The normalized spacial score (nSPS) is 16.8. The topological polar surface area (TPSA) is 95.3 Å². The molecule has 6 rings (SSSR count). The van der Waals surface area contributed by atoms with Crippen LogP contribution < -0.4 is 4.90 Å². The van der Waals surface area contributed by atoms with Gasteiger partial charge in [-0.2, -0.15) is 5.26 Å². The lowest BCUT2D eigenvalue weighted by molar-refractivity contribution is 0.356. The number of benzene rings is 2. The molecule has 4 aromatic rings. The van der Waals surface area contributed by atoms with Crippen LogP contribution in [0.3, 0.4) is 0 Å². The first kappa shape index (κ1) is 22.3. The molecule has 0 radical (unpaired) electrons. The zero-order valence-corrected chi connectivity index (χ0v) is 20.2. The van der Waals surface area contributed by atoms with Gasteiger partial charge in [0.25, 0.3) is 0 Å². The number of aliphatic imine (C=N–C) groups is 1. The van der Waals surface area contributed by atoms with E-state index < -0.39 is 0 Å². The van der Waals surface area contributed by atoms with E-state index in [1.807, 2.05) is 31.2 Å². The van der Waals surface area contributed by atoms with Crippen molar-refractivity contribution in [2.45, 2.75) is 19.9 Å². The van der Waals surface area contributed by atoms with Crippen LogP contribution in [0.2, 0.25) is 0 Å². The molecule has 8 heteroatoms. The Labute approximate surface area is 209 Å². The number of fused-ring (bicyclic) bond motifs is 5. The van der Waals surface area contributed by atoms with Crippen LogP contribution in [0.5, 0.6) is 0 Å². The Bertz CT molecular complexity index is 1490. The summed E-state index contributed by atoms with van der Waals surface area (Å²) in [6.07, 6.45) is 5.04. The highest BCUT2D eigenvalue weighted by atomic mass is 16.3. The van der Waals surface area contributed by atoms with Crippen molar-refractivity contribution in [1.82, 2.24) is 19.3 Å². The highest BCUT2D eigenvalue weighted by Gasteiger charge is 2.26. The molecule has 0 aliphatic carbocycles. The summed E-state index contributed by atoms with van der Waals surface area (Å²) >= 11 is 0. The van der Waals surface area contributed by atoms with E-state index in [4.69, 9.17) is 5.26 Å². The lowest BCUT2D eigenvalue weighted by atomic mass is 10.1. The number of aliphatic hydroxyl groups excluding tert-OH is 1. The minimum atomic E-state index is 0.0284. The van der Waals surface area contributed by atoms with Crippen molar-refractivity contribution in [2.24, 2.45) is 10.9 Å². The van der Waals surface area contributed by atoms with Crippen LogP contribution in [0.4, 0.5) is 5.69 Å². The Morgan fingerprint density at radius 3 is 2.83 bits per heavy atom. The zero-order chi connectivity index (χ0) is 24.6. The largest absolute Gasteiger partial charge is 0.390 e. The molecular formula is C28H27N7O. The van der Waals surface area contributed by atoms with Gasteiger partial charge in [-0.05, 0) is 66.8 Å². The molecule has 2 aliphatic rings. The minimum absolute atomic E-state index is 0.0284. The molecule has 8 nitrogen and oxygen atoms in total. The molecule has 1 atom stereocenters. The van der Waals surface area contributed by atoms with Crippen molar-refractivity contribution in [1.29, 1.82) is 5.26 Å². The number of aromatic nitrogens is 4. The smallest absolute Gasteiger partial charge is 0.185 e. The average Bonchev–Trinajstić information content (AvgIpc) is 3.66. The molecule has 180 valence electrons. The molecule has 0 spiro atoms. The first-order valence-electron chi connectivity index (χ1n) is 12.2. The summed E-state index contributed by atoms with van der Waals surface area (Å²) in [5.41, 5.74) is 8.15. The van der Waals surface area contributed by atoms with E-state index in [-0.39, 0.29) is 6.61 Å². The van der Waals surface area contributed by atoms with Gasteiger partial charge in [0.2, 0.25) is 0 Å². The summed E-state index contributed by atoms with van der Waals surface area (Å²) in [5, 5.41) is 27.0. The molecule has 0 bridgehead atoms. The number of rotatable bonds is 5. The first-order chi connectivity index (χ1) is 17.6. The Kier molecular flexibility index (Phi) is 5.62. The van der Waals surface area contributed by atoms with Gasteiger partial charge in [0, 0.05) is 49.3 Å². The van der Waals surface area contributed by atoms with E-state index in [0.29, 0.717) is 11.5 Å². The molecular weight excluding hydrogens is 450 g/mol. The predicted molar refractivity (Wildman–Crippen MR) is 139 cm³/mol. The van der Waals surface area contributed by atoms with Crippen molar-refractivity contribution >= 4 is 11.4 Å². The molecule has 4 heterocycles. The zero-order valence-electron chi connectivity index (χ0n) is 20.2. The van der Waals surface area contributed by atoms with Crippen molar-refractivity contribution in [3.05, 3.63) is 72.2 Å². The fourth-order valence-corrected chi connectivity index (χ4v) is 5.17. The summed E-state index contributed by atoms with van der Waals surface area (Å²) < 4.78 is 4.31. The highest BCUT2D eigenvalue weighted by Crippen LogP contribution is 2.35. The van der Waals surface area contributed by atoms with Crippen molar-refractivity contribution in [3.63, 3.8) is 0 Å². The van der Waals surface area contributed by atoms with E-state index in [1.165, 1.54) is 11.3 Å². The summed E-state index contributed by atoms with van der Waals surface area (Å²) in [6, 6.07) is 18.7. The van der Waals surface area contributed by atoms with Gasteiger partial charge in [-0.1, -0.05) is 12.1 Å². The fraction of sp³-hybridized carbons (Fsp3) is 0.286. The highest BCUT2D eigenvalue weighted by molar-refractivity contribution is 5.82. The number of hydrogen-bond donors (Lipinski definition) is 1. The second kappa shape index (κ2) is 9.10. The monoisotopic (exact) mass is 477 g/mol. The van der Waals surface area contributed by atoms with Crippen molar-refractivity contribution in [2.75, 3.05) is 31.1 Å². The maximum absolute atomic E-state index is 9.22. The van der Waals surface area contributed by atoms with Crippen LogP contribution in [-0.4, -0.2) is 56.4 Å².